The summed E-state index contributed by atoms with van der Waals surface area (Å²) in [7, 11) is 0. The van der Waals surface area contributed by atoms with Gasteiger partial charge in [-0.1, -0.05) is 43.2 Å². The molecule has 94 valence electrons. The number of ketones is 1. The first-order valence-corrected chi connectivity index (χ1v) is 7.14. The van der Waals surface area contributed by atoms with Gasteiger partial charge >= 0.3 is 0 Å². The van der Waals surface area contributed by atoms with Gasteiger partial charge in [0.2, 0.25) is 0 Å². The van der Waals surface area contributed by atoms with Crippen LogP contribution in [0.5, 0.6) is 0 Å². The molecular formula is C17H20O. The predicted octanol–water partition coefficient (Wildman–Crippen LogP) is 4.24. The lowest BCUT2D eigenvalue weighted by Gasteiger charge is -2.35. The van der Waals surface area contributed by atoms with Gasteiger partial charge in [-0.15, -0.1) is 0 Å². The summed E-state index contributed by atoms with van der Waals surface area (Å²) in [6, 6.07) is 10.2. The summed E-state index contributed by atoms with van der Waals surface area (Å²) in [6.45, 7) is 0. The minimum Gasteiger partial charge on any atom is -0.294 e. The molecule has 0 N–H and O–H groups in total. The van der Waals surface area contributed by atoms with Crippen LogP contribution in [-0.2, 0) is 4.79 Å². The maximum absolute atomic E-state index is 12.5. The number of Topliss-reactive ketones (excluding diaryl/α,β-unsaturated/α-hetero) is 1. The zero-order chi connectivity index (χ0) is 12.4. The van der Waals surface area contributed by atoms with Crippen LogP contribution in [0.15, 0.2) is 35.9 Å². The third-order valence-electron chi connectivity index (χ3n) is 4.49. The normalized spacial score (nSPS) is 30.2. The van der Waals surface area contributed by atoms with E-state index < -0.39 is 0 Å². The zero-order valence-corrected chi connectivity index (χ0v) is 10.8. The summed E-state index contributed by atoms with van der Waals surface area (Å²) in [4.78, 5) is 12.5. The Kier molecular flexibility index (Phi) is 3.31. The van der Waals surface area contributed by atoms with Crippen LogP contribution < -0.4 is 0 Å². The summed E-state index contributed by atoms with van der Waals surface area (Å²) < 4.78 is 0. The number of carbonyl (C=O) groups excluding carboxylic acids is 1. The van der Waals surface area contributed by atoms with E-state index in [2.05, 4.69) is 18.2 Å². The second kappa shape index (κ2) is 5.09. The van der Waals surface area contributed by atoms with Crippen LogP contribution >= 0.6 is 0 Å². The molecule has 0 radical (unpaired) electrons. The fourth-order valence-electron chi connectivity index (χ4n) is 3.49. The Morgan fingerprint density at radius 1 is 1.00 bits per heavy atom. The molecule has 18 heavy (non-hydrogen) atoms. The maximum atomic E-state index is 12.5. The number of hydrogen-bond acceptors (Lipinski definition) is 1. The van der Waals surface area contributed by atoms with Crippen molar-refractivity contribution in [3.63, 3.8) is 0 Å². The number of fused-ring (bicyclic) bond motifs is 1. The van der Waals surface area contributed by atoms with Crippen molar-refractivity contribution in [2.24, 2.45) is 11.8 Å². The molecule has 0 unspecified atom stereocenters. The second-order valence-electron chi connectivity index (χ2n) is 5.63. The van der Waals surface area contributed by atoms with Crippen LogP contribution in [0.2, 0.25) is 0 Å². The van der Waals surface area contributed by atoms with Crippen LogP contribution in [-0.4, -0.2) is 5.78 Å². The molecule has 0 aromatic heterocycles. The maximum Gasteiger partial charge on any atom is 0.162 e. The van der Waals surface area contributed by atoms with Crippen molar-refractivity contribution >= 4 is 11.9 Å². The molecule has 0 spiro atoms. The van der Waals surface area contributed by atoms with Crippen LogP contribution in [0.1, 0.15) is 44.1 Å². The predicted molar refractivity (Wildman–Crippen MR) is 74.1 cm³/mol. The summed E-state index contributed by atoms with van der Waals surface area (Å²) in [5.41, 5.74) is 2.22. The Morgan fingerprint density at radius 3 is 2.61 bits per heavy atom. The minimum absolute atomic E-state index is 0.336. The molecule has 1 nitrogen and oxygen atoms in total. The van der Waals surface area contributed by atoms with Crippen LogP contribution in [0.3, 0.4) is 0 Å². The lowest BCUT2D eigenvalue weighted by atomic mass is 9.68. The second-order valence-corrected chi connectivity index (χ2v) is 5.63. The standard InChI is InChI=1S/C17H20O/c18-17-15(12-13-6-2-1-3-7-13)11-10-14-8-4-5-9-16(14)17/h1-3,6-7,12,14,16H,4-5,8-11H2/b15-12+/t14-,16-/m0/s1. The number of benzene rings is 1. The van der Waals surface area contributed by atoms with Crippen molar-refractivity contribution in [3.05, 3.63) is 41.5 Å². The van der Waals surface area contributed by atoms with Gasteiger partial charge < -0.3 is 0 Å². The van der Waals surface area contributed by atoms with E-state index in [9.17, 15) is 4.79 Å². The van der Waals surface area contributed by atoms with Crippen molar-refractivity contribution in [2.75, 3.05) is 0 Å². The molecule has 2 fully saturated rings. The highest BCUT2D eigenvalue weighted by molar-refractivity contribution is 6.02. The van der Waals surface area contributed by atoms with Crippen molar-refractivity contribution < 1.29 is 4.79 Å². The highest BCUT2D eigenvalue weighted by Crippen LogP contribution is 2.40. The Labute approximate surface area is 109 Å². The molecular weight excluding hydrogens is 220 g/mol. The van der Waals surface area contributed by atoms with E-state index in [4.69, 9.17) is 0 Å². The molecule has 1 heteroatoms. The zero-order valence-electron chi connectivity index (χ0n) is 10.8. The molecule has 2 atom stereocenters. The molecule has 0 aliphatic heterocycles. The highest BCUT2D eigenvalue weighted by atomic mass is 16.1. The Hall–Kier alpha value is -1.37. The topological polar surface area (TPSA) is 17.1 Å². The summed E-state index contributed by atoms with van der Waals surface area (Å²) in [5, 5.41) is 0. The van der Waals surface area contributed by atoms with Crippen molar-refractivity contribution in [1.82, 2.24) is 0 Å². The molecule has 0 amide bonds. The molecule has 2 aliphatic rings. The van der Waals surface area contributed by atoms with Gasteiger partial charge in [0.15, 0.2) is 5.78 Å². The van der Waals surface area contributed by atoms with E-state index in [0.29, 0.717) is 17.6 Å². The lowest BCUT2D eigenvalue weighted by Crippen LogP contribution is -2.32. The van der Waals surface area contributed by atoms with Crippen molar-refractivity contribution in [3.8, 4) is 0 Å². The van der Waals surface area contributed by atoms with Crippen molar-refractivity contribution in [1.29, 1.82) is 0 Å². The van der Waals surface area contributed by atoms with E-state index in [0.717, 1.165) is 24.0 Å². The first-order chi connectivity index (χ1) is 8.84. The van der Waals surface area contributed by atoms with E-state index >= 15 is 0 Å². The molecule has 3 rings (SSSR count). The molecule has 2 aliphatic carbocycles. The Morgan fingerprint density at radius 2 is 1.78 bits per heavy atom. The van der Waals surface area contributed by atoms with Crippen LogP contribution in [0.25, 0.3) is 6.08 Å². The van der Waals surface area contributed by atoms with Crippen LogP contribution in [0.4, 0.5) is 0 Å². The summed E-state index contributed by atoms with van der Waals surface area (Å²) in [6.07, 6.45) is 9.26. The molecule has 1 aromatic rings. The first-order valence-electron chi connectivity index (χ1n) is 7.14. The number of rotatable bonds is 1. The first kappa shape index (κ1) is 11.7. The van der Waals surface area contributed by atoms with Gasteiger partial charge in [0, 0.05) is 5.92 Å². The van der Waals surface area contributed by atoms with Gasteiger partial charge in [-0.3, -0.25) is 4.79 Å². The number of hydrogen-bond donors (Lipinski definition) is 0. The molecule has 2 saturated carbocycles. The van der Waals surface area contributed by atoms with Crippen LogP contribution in [0, 0.1) is 11.8 Å². The average Bonchev–Trinajstić information content (AvgIpc) is 2.43. The van der Waals surface area contributed by atoms with Gasteiger partial charge in [0.25, 0.3) is 0 Å². The third kappa shape index (κ3) is 2.27. The SMILES string of the molecule is O=C1/C(=C/c2ccccc2)CC[C@@H]2CCCC[C@H]12. The van der Waals surface area contributed by atoms with Crippen molar-refractivity contribution in [2.45, 2.75) is 38.5 Å². The highest BCUT2D eigenvalue weighted by Gasteiger charge is 2.35. The lowest BCUT2D eigenvalue weighted by molar-refractivity contribution is -0.123. The van der Waals surface area contributed by atoms with Gasteiger partial charge in [-0.2, -0.15) is 0 Å². The Bertz CT molecular complexity index is 458. The molecule has 1 aromatic carbocycles. The largest absolute Gasteiger partial charge is 0.294 e. The Balaban J connectivity index is 1.82. The van der Waals surface area contributed by atoms with Gasteiger partial charge in [0.05, 0.1) is 0 Å². The number of allylic oxidation sites excluding steroid dienone is 1. The van der Waals surface area contributed by atoms with E-state index in [1.807, 2.05) is 18.2 Å². The smallest absolute Gasteiger partial charge is 0.162 e. The summed E-state index contributed by atoms with van der Waals surface area (Å²) in [5.74, 6) is 1.46. The van der Waals surface area contributed by atoms with Gasteiger partial charge in [-0.25, -0.2) is 0 Å². The fraction of sp³-hybridized carbons (Fsp3) is 0.471. The molecule has 0 bridgehead atoms. The fourth-order valence-corrected chi connectivity index (χ4v) is 3.49. The van der Waals surface area contributed by atoms with E-state index in [1.54, 1.807) is 0 Å². The monoisotopic (exact) mass is 240 g/mol. The molecule has 0 saturated heterocycles. The molecule has 0 heterocycles. The van der Waals surface area contributed by atoms with E-state index in [-0.39, 0.29) is 0 Å². The van der Waals surface area contributed by atoms with Gasteiger partial charge in [-0.05, 0) is 48.8 Å². The number of carbonyl (C=O) groups is 1. The van der Waals surface area contributed by atoms with Gasteiger partial charge in [0.1, 0.15) is 0 Å². The summed E-state index contributed by atoms with van der Waals surface area (Å²) >= 11 is 0. The third-order valence-corrected chi connectivity index (χ3v) is 4.49. The minimum atomic E-state index is 0.336. The quantitative estimate of drug-likeness (QED) is 0.671. The average molecular weight is 240 g/mol. The van der Waals surface area contributed by atoms with E-state index in [1.165, 1.54) is 25.7 Å².